The molecule has 0 aromatic heterocycles. The van der Waals surface area contributed by atoms with E-state index < -0.39 is 17.3 Å². The second kappa shape index (κ2) is 1.18. The van der Waals surface area contributed by atoms with Crippen LogP contribution in [0.25, 0.3) is 0 Å². The Kier molecular flexibility index (Phi) is 0.580. The fourth-order valence-electron chi connectivity index (χ4n) is 17.9. The van der Waals surface area contributed by atoms with E-state index in [1.165, 1.54) is 33.7 Å². The van der Waals surface area contributed by atoms with Crippen molar-refractivity contribution in [1.82, 2.24) is 0 Å². The van der Waals surface area contributed by atoms with Crippen LogP contribution in [0.4, 0.5) is 0 Å². The average Bonchev–Trinajstić information content (AvgIpc) is 3.43. The Bertz CT molecular complexity index is 1060. The Morgan fingerprint density at radius 1 is 1.09 bits per heavy atom. The second-order valence-corrected chi connectivity index (χ2v) is 39.3. The van der Waals surface area contributed by atoms with Crippen LogP contribution >= 0.6 is 0 Å². The summed E-state index contributed by atoms with van der Waals surface area (Å²) in [7, 11) is -0.893. The fraction of sp³-hybridized carbons (Fsp3) is 1.00. The van der Waals surface area contributed by atoms with E-state index in [9.17, 15) is 9.32 Å². The quantitative estimate of drug-likeness (QED) is 0.561. The molecule has 6 unspecified atom stereocenters. The molecule has 5 heteroatoms. The van der Waals surface area contributed by atoms with Gasteiger partial charge < -0.3 is 0 Å². The minimum absolute atomic E-state index is 0.0445. The average molecular weight is 378 g/mol. The molecule has 10 heterocycles. The van der Waals surface area contributed by atoms with Gasteiger partial charge in [0.25, 0.3) is 0 Å². The van der Waals surface area contributed by atoms with Crippen LogP contribution in [0, 0.1) is 0 Å². The Balaban J connectivity index is 1.24. The molecule has 0 amide bonds. The van der Waals surface area contributed by atoms with E-state index >= 15 is 0 Å². The summed E-state index contributed by atoms with van der Waals surface area (Å²) in [6.07, 6.45) is 0.699. The van der Waals surface area contributed by atoms with E-state index in [-0.39, 0.29) is 16.8 Å². The molecule has 0 radical (unpaired) electrons. The number of rotatable bonds is 6. The molecule has 0 aliphatic carbocycles. The van der Waals surface area contributed by atoms with Gasteiger partial charge in [-0.05, 0) is 0 Å². The first kappa shape index (κ1) is 11.3. The molecule has 0 saturated carbocycles. The number of aliphatic hydroxyl groups is 1. The van der Waals surface area contributed by atoms with Crippen LogP contribution < -0.4 is 0 Å². The van der Waals surface area contributed by atoms with Gasteiger partial charge in [-0.1, -0.05) is 0 Å². The van der Waals surface area contributed by atoms with Crippen molar-refractivity contribution in [2.24, 2.45) is 0 Å². The third-order valence-electron chi connectivity index (χ3n) is 16.5. The normalized spacial score (nSPS) is 94.9. The van der Waals surface area contributed by atoms with Gasteiger partial charge in [0.05, 0.1) is 0 Å². The predicted molar refractivity (Wildman–Crippen MR) is 85.8 cm³/mol. The Labute approximate surface area is 129 Å². The van der Waals surface area contributed by atoms with Gasteiger partial charge >= 0.3 is 130 Å². The number of aliphatic hydroxyl groups excluding tert-OH is 1. The van der Waals surface area contributed by atoms with Crippen LogP contribution in [0.5, 0.6) is 0 Å². The van der Waals surface area contributed by atoms with E-state index in [4.69, 9.17) is 4.74 Å². The molecular weight excluding hydrogens is 352 g/mol. The van der Waals surface area contributed by atoms with E-state index in [0.717, 1.165) is 9.63 Å². The van der Waals surface area contributed by atoms with Gasteiger partial charge in [0.15, 0.2) is 0 Å². The van der Waals surface area contributed by atoms with Crippen LogP contribution in [0.2, 0.25) is 47.7 Å². The predicted octanol–water partition coefficient (Wildman–Crippen LogP) is 4.02. The molecule has 10 fully saturated rings. The fourth-order valence-corrected chi connectivity index (χ4v) is 96.1. The molecule has 10 aliphatic rings. The Morgan fingerprint density at radius 2 is 1.61 bits per heavy atom. The summed E-state index contributed by atoms with van der Waals surface area (Å²) in [6, 6.07) is 0. The summed E-state index contributed by atoms with van der Waals surface area (Å²) in [4.78, 5) is 11.0. The SMILES string of the molecule is CC(C)(C)S(=O)C(OCCCO)[C]12[CH]3[CH]4[CH]5[CH]1[Fe]45321678[CH]2[CH]1[CH]6[CH]7[CH]28. The van der Waals surface area contributed by atoms with Crippen molar-refractivity contribution in [3.8, 4) is 0 Å². The molecule has 10 saturated heterocycles. The number of ether oxygens (including phenoxy) is 1. The van der Waals surface area contributed by atoms with E-state index in [2.05, 4.69) is 20.8 Å². The molecule has 10 rings (SSSR count). The Hall–Kier alpha value is 0.589. The number of hydrogen-bond donors (Lipinski definition) is 1. The molecule has 3 nitrogen and oxygen atoms in total. The molecule has 130 valence electrons. The van der Waals surface area contributed by atoms with Crippen LogP contribution in [0.1, 0.15) is 27.2 Å². The van der Waals surface area contributed by atoms with Crippen molar-refractivity contribution in [2.45, 2.75) is 85.0 Å². The first-order valence-corrected chi connectivity index (χ1v) is 17.0. The van der Waals surface area contributed by atoms with E-state index in [1.807, 2.05) is 0 Å². The van der Waals surface area contributed by atoms with Crippen LogP contribution in [0.3, 0.4) is 0 Å². The van der Waals surface area contributed by atoms with Gasteiger partial charge in [0.2, 0.25) is 0 Å². The van der Waals surface area contributed by atoms with Gasteiger partial charge in [-0.15, -0.1) is 0 Å². The van der Waals surface area contributed by atoms with Gasteiger partial charge in [0.1, 0.15) is 0 Å². The standard InChI is InChI=1S/C13H21O3S.C5H5.Fe/c1-13(2,3)17(15)12(16-10-6-9-14)11-7-4-5-8-11;1-2-4-5-3-1;/h4-5,7-8,12,14H,6,9-10H2,1-3H3;1-5H;. The van der Waals surface area contributed by atoms with Crippen molar-refractivity contribution < 1.29 is 20.6 Å². The Morgan fingerprint density at radius 3 is 1.91 bits per heavy atom. The van der Waals surface area contributed by atoms with Crippen LogP contribution in [-0.4, -0.2) is 32.7 Å². The maximum atomic E-state index is 13.6. The zero-order chi connectivity index (χ0) is 15.5. The summed E-state index contributed by atoms with van der Waals surface area (Å²) in [5.41, 5.74) is 0.0445. The molecule has 1 N–H and O–H groups in total. The van der Waals surface area contributed by atoms with Gasteiger partial charge in [-0.2, -0.15) is 0 Å². The van der Waals surface area contributed by atoms with Crippen molar-refractivity contribution >= 4 is 10.8 Å². The molecule has 0 bridgehead atoms. The van der Waals surface area contributed by atoms with Gasteiger partial charge in [0, 0.05) is 0 Å². The first-order valence-electron chi connectivity index (χ1n) is 9.49. The molecule has 23 heavy (non-hydrogen) atoms. The van der Waals surface area contributed by atoms with E-state index in [0.29, 0.717) is 17.3 Å². The van der Waals surface area contributed by atoms with Gasteiger partial charge in [-0.25, -0.2) is 0 Å². The number of hydrogen-bond acceptors (Lipinski definition) is 3. The van der Waals surface area contributed by atoms with Crippen LogP contribution in [0.15, 0.2) is 0 Å². The zero-order valence-corrected chi connectivity index (χ0v) is 15.8. The molecule has 0 aromatic rings. The summed E-state index contributed by atoms with van der Waals surface area (Å²) in [6.45, 7) is 3.93. The summed E-state index contributed by atoms with van der Waals surface area (Å²) in [5.74, 6) is 0. The molecule has 0 aromatic carbocycles. The zero-order valence-electron chi connectivity index (χ0n) is 13.9. The van der Waals surface area contributed by atoms with Crippen molar-refractivity contribution in [3.05, 3.63) is 0 Å². The van der Waals surface area contributed by atoms with E-state index in [1.54, 1.807) is 0 Å². The van der Waals surface area contributed by atoms with Crippen molar-refractivity contribution in [1.29, 1.82) is 0 Å². The van der Waals surface area contributed by atoms with Crippen molar-refractivity contribution in [2.75, 3.05) is 13.2 Å². The topological polar surface area (TPSA) is 46.5 Å². The maximum absolute atomic E-state index is 13.6. The molecule has 1 spiro atoms. The first-order chi connectivity index (χ1) is 10.6. The third-order valence-corrected chi connectivity index (χ3v) is 61.4. The molecular formula is C18H26FeO3S. The van der Waals surface area contributed by atoms with Gasteiger partial charge in [-0.3, -0.25) is 0 Å². The molecule has 6 atom stereocenters. The van der Waals surface area contributed by atoms with Crippen LogP contribution in [-0.2, 0) is 22.0 Å². The summed E-state index contributed by atoms with van der Waals surface area (Å²) >= 11 is 0. The van der Waals surface area contributed by atoms with Crippen molar-refractivity contribution in [3.63, 3.8) is 0 Å². The molecule has 10 aliphatic heterocycles. The second-order valence-electron chi connectivity index (χ2n) is 13.4. The number of fused-ring (bicyclic) bond motifs is 10. The monoisotopic (exact) mass is 378 g/mol. The minimum atomic E-state index is -3.28. The third kappa shape index (κ3) is 0.174. The summed E-state index contributed by atoms with van der Waals surface area (Å²) in [5, 5.41) is 9.18. The summed E-state index contributed by atoms with van der Waals surface area (Å²) < 4.78 is 20.4.